The van der Waals surface area contributed by atoms with Crippen LogP contribution < -0.4 is 5.73 Å². The van der Waals surface area contributed by atoms with Crippen LogP contribution in [0.3, 0.4) is 0 Å². The highest BCUT2D eigenvalue weighted by Gasteiger charge is 2.46. The average molecular weight is 515 g/mol. The second-order valence-corrected chi connectivity index (χ2v) is 10.5. The number of aryl methyl sites for hydroxylation is 1. The molecule has 2 atom stereocenters. The second-order valence-electron chi connectivity index (χ2n) is 10.0. The Morgan fingerprint density at radius 1 is 1.05 bits per heavy atom. The molecule has 0 spiro atoms. The number of hydrogen-bond donors (Lipinski definition) is 1. The molecule has 2 amide bonds. The number of likely N-dealkylation sites (tertiary alicyclic amines) is 1. The standard InChI is InChI=1S/C30H31ClN4O2/c1-30(25-11-5-9-23(17-25)24-10-6-12-26(31)18-24)28(37)35(29(32)33-30)20-22-15-16-34(19-22)27(36)14-13-21-7-3-2-4-8-21/h2-12,17-18,22H,13-16,19-20H2,1H3,(H2,32,33). The normalized spacial score (nSPS) is 21.4. The number of nitrogens with two attached hydrogens (primary N) is 1. The summed E-state index contributed by atoms with van der Waals surface area (Å²) in [5.41, 5.74) is 9.08. The minimum atomic E-state index is -1.09. The maximum Gasteiger partial charge on any atom is 0.261 e. The summed E-state index contributed by atoms with van der Waals surface area (Å²) in [6.45, 7) is 3.61. The lowest BCUT2D eigenvalue weighted by Gasteiger charge is -2.25. The number of hydrogen-bond acceptors (Lipinski definition) is 4. The fourth-order valence-corrected chi connectivity index (χ4v) is 5.45. The molecule has 37 heavy (non-hydrogen) atoms. The summed E-state index contributed by atoms with van der Waals surface area (Å²) in [5.74, 6) is 0.415. The molecule has 6 nitrogen and oxygen atoms in total. The molecule has 0 saturated carbocycles. The molecular formula is C30H31ClN4O2. The van der Waals surface area contributed by atoms with E-state index < -0.39 is 5.54 Å². The molecule has 2 aliphatic heterocycles. The predicted molar refractivity (Wildman–Crippen MR) is 147 cm³/mol. The van der Waals surface area contributed by atoms with Crippen LogP contribution in [0.15, 0.2) is 83.9 Å². The van der Waals surface area contributed by atoms with Crippen molar-refractivity contribution in [2.45, 2.75) is 31.7 Å². The van der Waals surface area contributed by atoms with E-state index in [1.54, 1.807) is 4.90 Å². The zero-order valence-electron chi connectivity index (χ0n) is 20.9. The molecule has 5 rings (SSSR count). The van der Waals surface area contributed by atoms with E-state index in [0.717, 1.165) is 35.1 Å². The van der Waals surface area contributed by atoms with Gasteiger partial charge in [-0.05, 0) is 66.1 Å². The van der Waals surface area contributed by atoms with E-state index in [1.807, 2.05) is 90.7 Å². The van der Waals surface area contributed by atoms with E-state index in [4.69, 9.17) is 17.3 Å². The predicted octanol–water partition coefficient (Wildman–Crippen LogP) is 4.86. The van der Waals surface area contributed by atoms with Crippen molar-refractivity contribution in [2.75, 3.05) is 19.6 Å². The largest absolute Gasteiger partial charge is 0.369 e. The number of benzene rings is 3. The molecule has 3 aromatic rings. The number of rotatable bonds is 7. The molecule has 0 aliphatic carbocycles. The van der Waals surface area contributed by atoms with Crippen molar-refractivity contribution in [1.29, 1.82) is 0 Å². The first kappa shape index (κ1) is 25.0. The van der Waals surface area contributed by atoms with E-state index >= 15 is 0 Å². The first-order chi connectivity index (χ1) is 17.8. The smallest absolute Gasteiger partial charge is 0.261 e. The molecule has 0 aromatic heterocycles. The maximum atomic E-state index is 13.6. The highest BCUT2D eigenvalue weighted by atomic mass is 35.5. The lowest BCUT2D eigenvalue weighted by atomic mass is 9.89. The lowest BCUT2D eigenvalue weighted by molar-refractivity contribution is -0.131. The Balaban J connectivity index is 1.24. The van der Waals surface area contributed by atoms with Crippen LogP contribution in [0.4, 0.5) is 0 Å². The Labute approximate surface area is 222 Å². The monoisotopic (exact) mass is 514 g/mol. The number of halogens is 1. The van der Waals surface area contributed by atoms with Gasteiger partial charge in [0, 0.05) is 31.1 Å². The van der Waals surface area contributed by atoms with Crippen LogP contribution in [-0.2, 0) is 21.5 Å². The molecule has 2 heterocycles. The number of nitrogens with zero attached hydrogens (tertiary/aromatic N) is 3. The van der Waals surface area contributed by atoms with Crippen molar-refractivity contribution < 1.29 is 9.59 Å². The maximum absolute atomic E-state index is 13.6. The van der Waals surface area contributed by atoms with Crippen LogP contribution in [0, 0.1) is 5.92 Å². The van der Waals surface area contributed by atoms with Gasteiger partial charge in [-0.3, -0.25) is 14.5 Å². The molecule has 1 fully saturated rings. The lowest BCUT2D eigenvalue weighted by Crippen LogP contribution is -2.44. The first-order valence-electron chi connectivity index (χ1n) is 12.7. The molecule has 2 N–H and O–H groups in total. The summed E-state index contributed by atoms with van der Waals surface area (Å²) < 4.78 is 0. The Morgan fingerprint density at radius 2 is 1.78 bits per heavy atom. The van der Waals surface area contributed by atoms with Gasteiger partial charge >= 0.3 is 0 Å². The third-order valence-electron chi connectivity index (χ3n) is 7.41. The highest BCUT2D eigenvalue weighted by Crippen LogP contribution is 2.36. The quantitative estimate of drug-likeness (QED) is 0.489. The zero-order valence-corrected chi connectivity index (χ0v) is 21.7. The van der Waals surface area contributed by atoms with Gasteiger partial charge in [-0.1, -0.05) is 72.3 Å². The van der Waals surface area contributed by atoms with Crippen molar-refractivity contribution in [2.24, 2.45) is 16.6 Å². The molecular weight excluding hydrogens is 484 g/mol. The summed E-state index contributed by atoms with van der Waals surface area (Å²) in [6, 6.07) is 25.5. The SMILES string of the molecule is CC1(c2cccc(-c3cccc(Cl)c3)c2)N=C(N)N(CC2CCN(C(=O)CCc3ccccc3)C2)C1=O. The van der Waals surface area contributed by atoms with Gasteiger partial charge in [-0.25, -0.2) is 4.99 Å². The van der Waals surface area contributed by atoms with Crippen molar-refractivity contribution >= 4 is 29.4 Å². The van der Waals surface area contributed by atoms with Gasteiger partial charge in [0.15, 0.2) is 11.5 Å². The van der Waals surface area contributed by atoms with Gasteiger partial charge in [-0.15, -0.1) is 0 Å². The first-order valence-corrected chi connectivity index (χ1v) is 13.1. The van der Waals surface area contributed by atoms with Crippen LogP contribution in [0.1, 0.15) is 30.9 Å². The minimum absolute atomic E-state index is 0.137. The number of guanidine groups is 1. The van der Waals surface area contributed by atoms with Gasteiger partial charge in [0.1, 0.15) is 0 Å². The summed E-state index contributed by atoms with van der Waals surface area (Å²) in [6.07, 6.45) is 2.07. The highest BCUT2D eigenvalue weighted by molar-refractivity contribution is 6.30. The number of amides is 2. The molecule has 2 unspecified atom stereocenters. The van der Waals surface area contributed by atoms with Gasteiger partial charge in [0.05, 0.1) is 0 Å². The van der Waals surface area contributed by atoms with E-state index in [0.29, 0.717) is 31.1 Å². The van der Waals surface area contributed by atoms with E-state index in [-0.39, 0.29) is 23.7 Å². The van der Waals surface area contributed by atoms with Crippen molar-refractivity contribution in [1.82, 2.24) is 9.80 Å². The number of carbonyl (C=O) groups is 2. The van der Waals surface area contributed by atoms with Crippen LogP contribution in [0.2, 0.25) is 5.02 Å². The van der Waals surface area contributed by atoms with Gasteiger partial charge in [0.25, 0.3) is 5.91 Å². The number of aliphatic imine (C=N–C) groups is 1. The second kappa shape index (κ2) is 10.4. The van der Waals surface area contributed by atoms with Crippen LogP contribution in [0.5, 0.6) is 0 Å². The summed E-state index contributed by atoms with van der Waals surface area (Å²) in [4.78, 5) is 34.5. The van der Waals surface area contributed by atoms with Crippen molar-refractivity contribution in [3.8, 4) is 11.1 Å². The molecule has 2 aliphatic rings. The third-order valence-corrected chi connectivity index (χ3v) is 7.64. The van der Waals surface area contributed by atoms with Gasteiger partial charge in [-0.2, -0.15) is 0 Å². The fraction of sp³-hybridized carbons (Fsp3) is 0.300. The van der Waals surface area contributed by atoms with Crippen molar-refractivity contribution in [3.05, 3.63) is 95.0 Å². The third kappa shape index (κ3) is 5.25. The topological polar surface area (TPSA) is 79.0 Å². The zero-order chi connectivity index (χ0) is 26.0. The van der Waals surface area contributed by atoms with Crippen LogP contribution >= 0.6 is 11.6 Å². The van der Waals surface area contributed by atoms with E-state index in [1.165, 1.54) is 0 Å². The van der Waals surface area contributed by atoms with Gasteiger partial charge < -0.3 is 10.6 Å². The minimum Gasteiger partial charge on any atom is -0.369 e. The molecule has 3 aromatic carbocycles. The Bertz CT molecular complexity index is 1340. The molecule has 0 radical (unpaired) electrons. The fourth-order valence-electron chi connectivity index (χ4n) is 5.26. The average Bonchev–Trinajstić information content (AvgIpc) is 3.47. The molecule has 0 bridgehead atoms. The van der Waals surface area contributed by atoms with Crippen molar-refractivity contribution in [3.63, 3.8) is 0 Å². The summed E-state index contributed by atoms with van der Waals surface area (Å²) in [7, 11) is 0. The summed E-state index contributed by atoms with van der Waals surface area (Å²) >= 11 is 6.18. The molecule has 190 valence electrons. The molecule has 1 saturated heterocycles. The Kier molecular flexibility index (Phi) is 7.02. The number of carbonyl (C=O) groups excluding carboxylic acids is 2. The van der Waals surface area contributed by atoms with E-state index in [2.05, 4.69) is 4.99 Å². The Morgan fingerprint density at radius 3 is 2.54 bits per heavy atom. The van der Waals surface area contributed by atoms with E-state index in [9.17, 15) is 9.59 Å². The van der Waals surface area contributed by atoms with Crippen LogP contribution in [0.25, 0.3) is 11.1 Å². The summed E-state index contributed by atoms with van der Waals surface area (Å²) in [5, 5.41) is 0.656. The molecule has 7 heteroatoms. The van der Waals surface area contributed by atoms with Crippen LogP contribution in [-0.4, -0.2) is 47.2 Å². The van der Waals surface area contributed by atoms with Gasteiger partial charge in [0.2, 0.25) is 5.91 Å². The Hall–Kier alpha value is -3.64.